The van der Waals surface area contributed by atoms with Gasteiger partial charge >= 0.3 is 0 Å². The van der Waals surface area contributed by atoms with Gasteiger partial charge in [-0.25, -0.2) is 13.9 Å². The second-order valence-corrected chi connectivity index (χ2v) is 6.34. The summed E-state index contributed by atoms with van der Waals surface area (Å²) in [7, 11) is -3.94. The SMILES string of the molecule is O=C(/C=C/c1cc(O)c(O)cc1NS(=O)(=O)c1ccccc1)NO. The van der Waals surface area contributed by atoms with Crippen molar-refractivity contribution >= 4 is 27.7 Å². The van der Waals surface area contributed by atoms with Gasteiger partial charge in [0.1, 0.15) is 0 Å². The van der Waals surface area contributed by atoms with E-state index < -0.39 is 27.4 Å². The van der Waals surface area contributed by atoms with Crippen LogP contribution in [0.2, 0.25) is 0 Å². The van der Waals surface area contributed by atoms with E-state index in [1.54, 1.807) is 18.2 Å². The lowest BCUT2D eigenvalue weighted by molar-refractivity contribution is -0.124. The summed E-state index contributed by atoms with van der Waals surface area (Å²) < 4.78 is 27.0. The van der Waals surface area contributed by atoms with Gasteiger partial charge in [0.05, 0.1) is 10.6 Å². The molecule has 0 atom stereocenters. The summed E-state index contributed by atoms with van der Waals surface area (Å²) in [5, 5.41) is 27.6. The molecule has 126 valence electrons. The molecule has 0 bridgehead atoms. The Hall–Kier alpha value is -3.04. The van der Waals surface area contributed by atoms with E-state index in [1.807, 2.05) is 0 Å². The number of benzene rings is 2. The minimum Gasteiger partial charge on any atom is -0.504 e. The topological polar surface area (TPSA) is 136 Å². The van der Waals surface area contributed by atoms with Crippen molar-refractivity contribution in [3.05, 3.63) is 54.1 Å². The van der Waals surface area contributed by atoms with Gasteiger partial charge in [-0.1, -0.05) is 18.2 Å². The van der Waals surface area contributed by atoms with Crippen molar-refractivity contribution in [3.63, 3.8) is 0 Å². The molecule has 0 saturated heterocycles. The van der Waals surface area contributed by atoms with E-state index in [1.165, 1.54) is 17.6 Å². The Morgan fingerprint density at radius 2 is 1.67 bits per heavy atom. The molecule has 8 nitrogen and oxygen atoms in total. The Balaban J connectivity index is 2.44. The molecule has 2 aromatic rings. The monoisotopic (exact) mass is 350 g/mol. The number of anilines is 1. The average molecular weight is 350 g/mol. The fourth-order valence-electron chi connectivity index (χ4n) is 1.83. The Kier molecular flexibility index (Phi) is 5.07. The number of aromatic hydroxyl groups is 2. The predicted octanol–water partition coefficient (Wildman–Crippen LogP) is 1.42. The van der Waals surface area contributed by atoms with E-state index in [0.717, 1.165) is 24.3 Å². The highest BCUT2D eigenvalue weighted by Gasteiger charge is 2.17. The van der Waals surface area contributed by atoms with Crippen molar-refractivity contribution in [3.8, 4) is 11.5 Å². The molecule has 0 heterocycles. The van der Waals surface area contributed by atoms with Crippen LogP contribution in [0.3, 0.4) is 0 Å². The molecule has 2 rings (SSSR count). The van der Waals surface area contributed by atoms with E-state index >= 15 is 0 Å². The number of hydroxylamine groups is 1. The molecule has 9 heteroatoms. The maximum absolute atomic E-state index is 12.3. The smallest absolute Gasteiger partial charge is 0.267 e. The van der Waals surface area contributed by atoms with Crippen LogP contribution < -0.4 is 10.2 Å². The van der Waals surface area contributed by atoms with Crippen LogP contribution in [0.15, 0.2) is 53.4 Å². The first-order valence-corrected chi connectivity index (χ1v) is 8.08. The van der Waals surface area contributed by atoms with Crippen molar-refractivity contribution in [2.75, 3.05) is 4.72 Å². The molecule has 24 heavy (non-hydrogen) atoms. The molecule has 0 radical (unpaired) electrons. The molecule has 5 N–H and O–H groups in total. The number of phenolic OH excluding ortho intramolecular Hbond substituents is 2. The Bertz CT molecular complexity index is 878. The molecular weight excluding hydrogens is 336 g/mol. The summed E-state index contributed by atoms with van der Waals surface area (Å²) in [5.41, 5.74) is 1.42. The number of rotatable bonds is 5. The summed E-state index contributed by atoms with van der Waals surface area (Å²) >= 11 is 0. The minimum atomic E-state index is -3.94. The van der Waals surface area contributed by atoms with Crippen LogP contribution in [0.1, 0.15) is 5.56 Å². The first-order valence-electron chi connectivity index (χ1n) is 6.59. The molecule has 0 unspecified atom stereocenters. The molecule has 0 saturated carbocycles. The van der Waals surface area contributed by atoms with Gasteiger partial charge in [-0.05, 0) is 24.3 Å². The normalized spacial score (nSPS) is 11.4. The standard InChI is InChI=1S/C15H14N2O6S/c18-13-8-10(6-7-15(20)16-21)12(9-14(13)19)17-24(22,23)11-4-2-1-3-5-11/h1-9,17-19,21H,(H,16,20)/b7-6+. The quantitative estimate of drug-likeness (QED) is 0.182. The van der Waals surface area contributed by atoms with Gasteiger partial charge in [-0.15, -0.1) is 0 Å². The Morgan fingerprint density at radius 1 is 1.04 bits per heavy atom. The lowest BCUT2D eigenvalue weighted by Crippen LogP contribution is -2.15. The zero-order valence-corrected chi connectivity index (χ0v) is 13.0. The van der Waals surface area contributed by atoms with Crippen LogP contribution >= 0.6 is 0 Å². The minimum absolute atomic E-state index is 0.000552. The number of carbonyl (C=O) groups is 1. The van der Waals surface area contributed by atoms with E-state index in [4.69, 9.17) is 5.21 Å². The van der Waals surface area contributed by atoms with Gasteiger partial charge in [0.2, 0.25) is 0 Å². The second kappa shape index (κ2) is 7.02. The van der Waals surface area contributed by atoms with Crippen molar-refractivity contribution in [2.24, 2.45) is 0 Å². The van der Waals surface area contributed by atoms with Gasteiger partial charge in [0, 0.05) is 17.7 Å². The number of nitrogens with one attached hydrogen (secondary N) is 2. The van der Waals surface area contributed by atoms with Crippen LogP contribution in [0.4, 0.5) is 5.69 Å². The number of sulfonamides is 1. The number of carbonyl (C=O) groups excluding carboxylic acids is 1. The third kappa shape index (κ3) is 4.03. The van der Waals surface area contributed by atoms with Crippen LogP contribution in [-0.2, 0) is 14.8 Å². The van der Waals surface area contributed by atoms with E-state index in [9.17, 15) is 23.4 Å². The number of amides is 1. The second-order valence-electron chi connectivity index (χ2n) is 4.66. The molecule has 0 aromatic heterocycles. The van der Waals surface area contributed by atoms with Gasteiger partial charge in [0.15, 0.2) is 11.5 Å². The van der Waals surface area contributed by atoms with E-state index in [-0.39, 0.29) is 16.1 Å². The molecule has 0 aliphatic rings. The molecule has 0 aliphatic carbocycles. The fourth-order valence-corrected chi connectivity index (χ4v) is 2.92. The van der Waals surface area contributed by atoms with Crippen molar-refractivity contribution < 1.29 is 28.6 Å². The van der Waals surface area contributed by atoms with Crippen LogP contribution in [0, 0.1) is 0 Å². The van der Waals surface area contributed by atoms with Crippen LogP contribution in [0.5, 0.6) is 11.5 Å². The first kappa shape index (κ1) is 17.3. The summed E-state index contributed by atoms with van der Waals surface area (Å²) in [6.07, 6.45) is 2.08. The molecular formula is C15H14N2O6S. The lowest BCUT2D eigenvalue weighted by Gasteiger charge is -2.12. The number of hydrogen-bond acceptors (Lipinski definition) is 6. The summed E-state index contributed by atoms with van der Waals surface area (Å²) in [6.45, 7) is 0. The summed E-state index contributed by atoms with van der Waals surface area (Å²) in [4.78, 5) is 11.1. The summed E-state index contributed by atoms with van der Waals surface area (Å²) in [6, 6.07) is 9.61. The molecule has 0 fully saturated rings. The van der Waals surface area contributed by atoms with Gasteiger partial charge in [-0.2, -0.15) is 0 Å². The highest BCUT2D eigenvalue weighted by atomic mass is 32.2. The van der Waals surface area contributed by atoms with Crippen molar-refractivity contribution in [2.45, 2.75) is 4.90 Å². The van der Waals surface area contributed by atoms with E-state index in [0.29, 0.717) is 0 Å². The maximum Gasteiger partial charge on any atom is 0.267 e. The highest BCUT2D eigenvalue weighted by Crippen LogP contribution is 2.33. The average Bonchev–Trinajstić information content (AvgIpc) is 2.57. The molecule has 0 aliphatic heterocycles. The fraction of sp³-hybridized carbons (Fsp3) is 0. The third-order valence-corrected chi connectivity index (χ3v) is 4.35. The predicted molar refractivity (Wildman–Crippen MR) is 86.0 cm³/mol. The zero-order valence-electron chi connectivity index (χ0n) is 12.2. The summed E-state index contributed by atoms with van der Waals surface area (Å²) in [5.74, 6) is -1.88. The number of phenols is 2. The first-order chi connectivity index (χ1) is 11.3. The van der Waals surface area contributed by atoms with Gasteiger partial charge in [-0.3, -0.25) is 14.7 Å². The van der Waals surface area contributed by atoms with Crippen LogP contribution in [-0.4, -0.2) is 29.7 Å². The molecule has 2 aromatic carbocycles. The van der Waals surface area contributed by atoms with E-state index in [2.05, 4.69) is 4.72 Å². The van der Waals surface area contributed by atoms with Gasteiger partial charge in [0.25, 0.3) is 15.9 Å². The highest BCUT2D eigenvalue weighted by molar-refractivity contribution is 7.92. The zero-order chi connectivity index (χ0) is 17.7. The van der Waals surface area contributed by atoms with Gasteiger partial charge < -0.3 is 10.2 Å². The number of hydrogen-bond donors (Lipinski definition) is 5. The van der Waals surface area contributed by atoms with Crippen molar-refractivity contribution in [1.29, 1.82) is 0 Å². The maximum atomic E-state index is 12.3. The molecule has 0 spiro atoms. The third-order valence-electron chi connectivity index (χ3n) is 2.97. The van der Waals surface area contributed by atoms with Crippen molar-refractivity contribution in [1.82, 2.24) is 5.48 Å². The Morgan fingerprint density at radius 3 is 2.29 bits per heavy atom. The largest absolute Gasteiger partial charge is 0.504 e. The van der Waals surface area contributed by atoms with Crippen LogP contribution in [0.25, 0.3) is 6.08 Å². The Labute approximate surface area is 137 Å². The molecule has 1 amide bonds. The lowest BCUT2D eigenvalue weighted by atomic mass is 10.1.